The van der Waals surface area contributed by atoms with Crippen LogP contribution in [0.15, 0.2) is 29.4 Å². The second-order valence-corrected chi connectivity index (χ2v) is 3.38. The van der Waals surface area contributed by atoms with Crippen molar-refractivity contribution in [2.75, 3.05) is 11.9 Å². The highest BCUT2D eigenvalue weighted by Gasteiger charge is 2.09. The van der Waals surface area contributed by atoms with Gasteiger partial charge in [-0.25, -0.2) is 9.78 Å². The molecule has 0 aliphatic carbocycles. The lowest BCUT2D eigenvalue weighted by atomic mass is 10.2. The quantitative estimate of drug-likeness (QED) is 0.811. The lowest BCUT2D eigenvalue weighted by Gasteiger charge is -2.04. The molecule has 1 aromatic rings. The Morgan fingerprint density at radius 3 is 3.07 bits per heavy atom. The fraction of sp³-hybridized carbons (Fsp3) is 0.111. The van der Waals surface area contributed by atoms with Gasteiger partial charge in [-0.3, -0.25) is 0 Å². The van der Waals surface area contributed by atoms with Crippen molar-refractivity contribution < 1.29 is 9.90 Å². The van der Waals surface area contributed by atoms with Gasteiger partial charge in [-0.1, -0.05) is 6.08 Å². The number of nitrogens with one attached hydrogen (secondary N) is 1. The van der Waals surface area contributed by atoms with E-state index in [4.69, 9.17) is 5.11 Å². The van der Waals surface area contributed by atoms with E-state index in [1.807, 2.05) is 0 Å². The van der Waals surface area contributed by atoms with Crippen molar-refractivity contribution in [1.29, 1.82) is 0 Å². The van der Waals surface area contributed by atoms with Crippen LogP contribution < -0.4 is 5.32 Å². The summed E-state index contributed by atoms with van der Waals surface area (Å²) in [5.74, 6) is -0.466. The summed E-state index contributed by atoms with van der Waals surface area (Å²) in [7, 11) is 0. The van der Waals surface area contributed by atoms with E-state index in [-0.39, 0.29) is 5.56 Å². The molecule has 0 aromatic carbocycles. The van der Waals surface area contributed by atoms with Gasteiger partial charge in [0.25, 0.3) is 0 Å². The van der Waals surface area contributed by atoms with Gasteiger partial charge in [0.1, 0.15) is 5.82 Å². The highest BCUT2D eigenvalue weighted by molar-refractivity contribution is 9.10. The van der Waals surface area contributed by atoms with Crippen LogP contribution in [-0.4, -0.2) is 22.6 Å². The normalized spacial score (nSPS) is 9.50. The van der Waals surface area contributed by atoms with Gasteiger partial charge in [-0.15, -0.1) is 6.58 Å². The maximum absolute atomic E-state index is 10.7. The van der Waals surface area contributed by atoms with E-state index < -0.39 is 5.97 Å². The summed E-state index contributed by atoms with van der Waals surface area (Å²) < 4.78 is 0.467. The van der Waals surface area contributed by atoms with Gasteiger partial charge in [0.05, 0.1) is 10.0 Å². The number of nitrogens with zero attached hydrogens (tertiary/aromatic N) is 1. The number of anilines is 1. The first-order chi connectivity index (χ1) is 6.65. The fourth-order valence-corrected chi connectivity index (χ4v) is 1.26. The maximum Gasteiger partial charge on any atom is 0.337 e. The highest BCUT2D eigenvalue weighted by Crippen LogP contribution is 2.18. The zero-order valence-electron chi connectivity index (χ0n) is 7.33. The third kappa shape index (κ3) is 2.56. The average Bonchev–Trinajstić information content (AvgIpc) is 2.16. The summed E-state index contributed by atoms with van der Waals surface area (Å²) >= 11 is 3.11. The van der Waals surface area contributed by atoms with Crippen molar-refractivity contribution >= 4 is 27.7 Å². The van der Waals surface area contributed by atoms with Gasteiger partial charge in [0.15, 0.2) is 0 Å². The number of carboxylic acid groups (broad SMARTS) is 1. The molecule has 1 aromatic heterocycles. The summed E-state index contributed by atoms with van der Waals surface area (Å²) in [5.41, 5.74) is 0.187. The van der Waals surface area contributed by atoms with E-state index in [1.165, 1.54) is 12.3 Å². The zero-order valence-corrected chi connectivity index (χ0v) is 8.91. The van der Waals surface area contributed by atoms with Gasteiger partial charge < -0.3 is 10.4 Å². The number of aromatic carboxylic acids is 1. The Morgan fingerprint density at radius 2 is 2.50 bits per heavy atom. The number of halogens is 1. The van der Waals surface area contributed by atoms with Crippen LogP contribution in [0.3, 0.4) is 0 Å². The lowest BCUT2D eigenvalue weighted by molar-refractivity contribution is 0.0696. The standard InChI is InChI=1S/C9H9BrN2O2/c1-2-3-11-8-4-6(9(13)14)7(10)5-12-8/h2,4-5H,1,3H2,(H,11,12)(H,13,14). The number of carbonyl (C=O) groups is 1. The predicted molar refractivity (Wildman–Crippen MR) is 57.6 cm³/mol. The minimum absolute atomic E-state index is 0.187. The third-order valence-corrected chi connectivity index (χ3v) is 2.15. The Bertz CT molecular complexity index is 366. The van der Waals surface area contributed by atoms with Crippen molar-refractivity contribution in [3.63, 3.8) is 0 Å². The Labute approximate surface area is 89.8 Å². The van der Waals surface area contributed by atoms with Crippen LogP contribution in [0.5, 0.6) is 0 Å². The van der Waals surface area contributed by atoms with Crippen LogP contribution in [0.2, 0.25) is 0 Å². The number of hydrogen-bond acceptors (Lipinski definition) is 3. The smallest absolute Gasteiger partial charge is 0.337 e. The summed E-state index contributed by atoms with van der Waals surface area (Å²) in [5, 5.41) is 11.7. The molecule has 0 unspecified atom stereocenters. The Hall–Kier alpha value is -1.36. The fourth-order valence-electron chi connectivity index (χ4n) is 0.876. The molecule has 4 nitrogen and oxygen atoms in total. The molecule has 0 saturated heterocycles. The summed E-state index contributed by atoms with van der Waals surface area (Å²) in [6.45, 7) is 4.08. The van der Waals surface area contributed by atoms with Crippen molar-refractivity contribution in [2.45, 2.75) is 0 Å². The second kappa shape index (κ2) is 4.76. The molecule has 1 heterocycles. The SMILES string of the molecule is C=CCNc1cc(C(=O)O)c(Br)cn1. The molecule has 0 aliphatic heterocycles. The number of rotatable bonds is 4. The molecular weight excluding hydrogens is 248 g/mol. The average molecular weight is 257 g/mol. The number of hydrogen-bond donors (Lipinski definition) is 2. The topological polar surface area (TPSA) is 62.2 Å². The molecule has 0 saturated carbocycles. The maximum atomic E-state index is 10.7. The molecule has 0 radical (unpaired) electrons. The highest BCUT2D eigenvalue weighted by atomic mass is 79.9. The van der Waals surface area contributed by atoms with E-state index in [0.717, 1.165) is 0 Å². The Kier molecular flexibility index (Phi) is 3.64. The van der Waals surface area contributed by atoms with Crippen LogP contribution in [0.25, 0.3) is 0 Å². The van der Waals surface area contributed by atoms with E-state index in [9.17, 15) is 4.79 Å². The summed E-state index contributed by atoms with van der Waals surface area (Å²) in [6.07, 6.45) is 3.12. The van der Waals surface area contributed by atoms with Crippen molar-refractivity contribution in [3.05, 3.63) is 35.0 Å². The monoisotopic (exact) mass is 256 g/mol. The van der Waals surface area contributed by atoms with Crippen molar-refractivity contribution in [2.24, 2.45) is 0 Å². The van der Waals surface area contributed by atoms with Crippen LogP contribution in [-0.2, 0) is 0 Å². The lowest BCUT2D eigenvalue weighted by Crippen LogP contribution is -2.04. The minimum Gasteiger partial charge on any atom is -0.478 e. The molecule has 14 heavy (non-hydrogen) atoms. The molecule has 1 rings (SSSR count). The van der Waals surface area contributed by atoms with E-state index in [0.29, 0.717) is 16.8 Å². The van der Waals surface area contributed by atoms with Gasteiger partial charge in [0.2, 0.25) is 0 Å². The molecule has 0 amide bonds. The summed E-state index contributed by atoms with van der Waals surface area (Å²) in [6, 6.07) is 1.47. The van der Waals surface area contributed by atoms with E-state index in [1.54, 1.807) is 6.08 Å². The Balaban J connectivity index is 2.94. The molecule has 2 N–H and O–H groups in total. The van der Waals surface area contributed by atoms with Crippen LogP contribution in [0.1, 0.15) is 10.4 Å². The predicted octanol–water partition coefficient (Wildman–Crippen LogP) is 2.14. The van der Waals surface area contributed by atoms with E-state index in [2.05, 4.69) is 32.8 Å². The zero-order chi connectivity index (χ0) is 10.6. The van der Waals surface area contributed by atoms with Crippen LogP contribution in [0, 0.1) is 0 Å². The van der Waals surface area contributed by atoms with Gasteiger partial charge in [-0.2, -0.15) is 0 Å². The number of pyridine rings is 1. The molecule has 0 atom stereocenters. The summed E-state index contributed by atoms with van der Waals surface area (Å²) in [4.78, 5) is 14.7. The second-order valence-electron chi connectivity index (χ2n) is 2.52. The third-order valence-electron chi connectivity index (χ3n) is 1.51. The van der Waals surface area contributed by atoms with Crippen LogP contribution >= 0.6 is 15.9 Å². The van der Waals surface area contributed by atoms with Gasteiger partial charge >= 0.3 is 5.97 Å². The van der Waals surface area contributed by atoms with Crippen molar-refractivity contribution in [3.8, 4) is 0 Å². The van der Waals surface area contributed by atoms with Gasteiger partial charge in [-0.05, 0) is 22.0 Å². The van der Waals surface area contributed by atoms with Gasteiger partial charge in [0, 0.05) is 12.7 Å². The Morgan fingerprint density at radius 1 is 1.79 bits per heavy atom. The number of aromatic nitrogens is 1. The van der Waals surface area contributed by atoms with Crippen molar-refractivity contribution in [1.82, 2.24) is 4.98 Å². The minimum atomic E-state index is -0.985. The molecule has 74 valence electrons. The number of carboxylic acids is 1. The molecule has 5 heteroatoms. The molecule has 0 aliphatic rings. The van der Waals surface area contributed by atoms with E-state index >= 15 is 0 Å². The first-order valence-electron chi connectivity index (χ1n) is 3.88. The largest absolute Gasteiger partial charge is 0.478 e. The molecular formula is C9H9BrN2O2. The molecule has 0 spiro atoms. The molecule has 0 fully saturated rings. The van der Waals surface area contributed by atoms with Crippen LogP contribution in [0.4, 0.5) is 5.82 Å². The first kappa shape index (κ1) is 10.7. The first-order valence-corrected chi connectivity index (χ1v) is 4.68. The molecule has 0 bridgehead atoms.